The quantitative estimate of drug-likeness (QED) is 0.567. The minimum Gasteiger partial charge on any atom is -0.481 e. The van der Waals surface area contributed by atoms with Crippen molar-refractivity contribution in [3.8, 4) is 0 Å². The van der Waals surface area contributed by atoms with Gasteiger partial charge in [0.15, 0.2) is 0 Å². The molecule has 0 aromatic rings. The Morgan fingerprint density at radius 1 is 1.13 bits per heavy atom. The zero-order valence-electron chi connectivity index (χ0n) is 19.2. The number of rotatable bonds is 5. The Hall–Kier alpha value is -2.02. The van der Waals surface area contributed by atoms with Crippen molar-refractivity contribution >= 4 is 23.5 Å². The lowest BCUT2D eigenvalue weighted by atomic mass is 9.40. The fraction of sp³-hybridized carbons (Fsp3) is 0.750. The van der Waals surface area contributed by atoms with Crippen molar-refractivity contribution in [1.29, 1.82) is 0 Å². The molecule has 0 aromatic carbocycles. The standard InChI is InChI=1S/C24H34O7/c1-12(25)19-15(26)10-22(4)16-8-7-13(21(2,3)20(30)31)14(9-18(28)29)24(16,6)17(27)11-23(19,22)5/h7,14-16,19,26H,8-11H2,1-6H3,(H,28,29)(H,30,31)/t14-,15-,16+,19-,22+,23+,24-/m1/s1. The summed E-state index contributed by atoms with van der Waals surface area (Å²) in [5.74, 6) is -4.15. The summed E-state index contributed by atoms with van der Waals surface area (Å²) in [5.41, 5.74) is -3.23. The SMILES string of the molecule is CC(=O)[C@@H]1[C@H](O)C[C@@]2(C)[C@@H]3CC=C(C(C)(C)C(=O)O)[C@@H](CC(=O)O)[C@@]3(C)C(=O)C[C@@]12C. The Bertz CT molecular complexity index is 886. The summed E-state index contributed by atoms with van der Waals surface area (Å²) >= 11 is 0. The van der Waals surface area contributed by atoms with Crippen LogP contribution in [0.2, 0.25) is 0 Å². The van der Waals surface area contributed by atoms with Crippen LogP contribution >= 0.6 is 0 Å². The van der Waals surface area contributed by atoms with Crippen LogP contribution in [0.1, 0.15) is 67.2 Å². The number of carbonyl (C=O) groups is 4. The summed E-state index contributed by atoms with van der Waals surface area (Å²) in [6, 6.07) is 0. The Morgan fingerprint density at radius 2 is 1.71 bits per heavy atom. The van der Waals surface area contributed by atoms with Crippen LogP contribution in [0.3, 0.4) is 0 Å². The van der Waals surface area contributed by atoms with Crippen molar-refractivity contribution in [2.75, 3.05) is 0 Å². The fourth-order valence-corrected chi connectivity index (χ4v) is 7.48. The minimum atomic E-state index is -1.31. The Balaban J connectivity index is 2.23. The molecule has 3 aliphatic carbocycles. The highest BCUT2D eigenvalue weighted by molar-refractivity contribution is 5.91. The van der Waals surface area contributed by atoms with Gasteiger partial charge in [-0.1, -0.05) is 32.4 Å². The van der Waals surface area contributed by atoms with Crippen molar-refractivity contribution in [2.24, 2.45) is 39.4 Å². The molecule has 0 saturated heterocycles. The van der Waals surface area contributed by atoms with Gasteiger partial charge in [-0.15, -0.1) is 0 Å². The smallest absolute Gasteiger partial charge is 0.313 e. The van der Waals surface area contributed by atoms with Gasteiger partial charge in [0.1, 0.15) is 11.6 Å². The number of aliphatic hydroxyl groups is 1. The van der Waals surface area contributed by atoms with Gasteiger partial charge in [-0.2, -0.15) is 0 Å². The number of ketones is 2. The molecule has 0 amide bonds. The highest BCUT2D eigenvalue weighted by atomic mass is 16.4. The molecule has 0 aromatic heterocycles. The average Bonchev–Trinajstić information content (AvgIpc) is 2.81. The molecule has 0 bridgehead atoms. The second-order valence-corrected chi connectivity index (χ2v) is 11.1. The number of fused-ring (bicyclic) bond motifs is 3. The molecule has 0 heterocycles. The van der Waals surface area contributed by atoms with E-state index in [1.807, 2.05) is 19.9 Å². The molecule has 0 radical (unpaired) electrons. The molecule has 172 valence electrons. The van der Waals surface area contributed by atoms with Gasteiger partial charge < -0.3 is 15.3 Å². The number of hydrogen-bond donors (Lipinski definition) is 3. The van der Waals surface area contributed by atoms with Crippen LogP contribution in [0, 0.1) is 39.4 Å². The number of carbonyl (C=O) groups excluding carboxylic acids is 2. The minimum absolute atomic E-state index is 0.0642. The highest BCUT2D eigenvalue weighted by Crippen LogP contribution is 2.72. The van der Waals surface area contributed by atoms with Crippen LogP contribution in [-0.2, 0) is 19.2 Å². The first-order valence-electron chi connectivity index (χ1n) is 10.9. The predicted octanol–water partition coefficient (Wildman–Crippen LogP) is 3.10. The van der Waals surface area contributed by atoms with E-state index in [2.05, 4.69) is 0 Å². The first-order chi connectivity index (χ1) is 14.0. The third kappa shape index (κ3) is 2.95. The van der Waals surface area contributed by atoms with E-state index in [4.69, 9.17) is 0 Å². The zero-order chi connectivity index (χ0) is 23.7. The molecule has 0 unspecified atom stereocenters. The first kappa shape index (κ1) is 23.6. The van der Waals surface area contributed by atoms with Gasteiger partial charge in [0, 0.05) is 23.7 Å². The maximum atomic E-state index is 13.8. The molecule has 3 N–H and O–H groups in total. The maximum Gasteiger partial charge on any atom is 0.313 e. The van der Waals surface area contributed by atoms with Crippen molar-refractivity contribution in [2.45, 2.75) is 73.3 Å². The number of aliphatic carboxylic acids is 2. The number of Topliss-reactive ketones (excluding diaryl/α,β-unsaturated/α-hetero) is 2. The van der Waals surface area contributed by atoms with Gasteiger partial charge in [-0.3, -0.25) is 19.2 Å². The molecule has 0 spiro atoms. The molecular weight excluding hydrogens is 400 g/mol. The second kappa shape index (κ2) is 6.99. The summed E-state index contributed by atoms with van der Waals surface area (Å²) in [5, 5.41) is 30.3. The van der Waals surface area contributed by atoms with E-state index in [9.17, 15) is 34.5 Å². The van der Waals surface area contributed by atoms with E-state index in [-0.39, 0.29) is 30.3 Å². The van der Waals surface area contributed by atoms with Gasteiger partial charge in [0.2, 0.25) is 0 Å². The third-order valence-electron chi connectivity index (χ3n) is 9.38. The van der Waals surface area contributed by atoms with E-state index < -0.39 is 51.5 Å². The van der Waals surface area contributed by atoms with Crippen molar-refractivity contribution in [1.82, 2.24) is 0 Å². The van der Waals surface area contributed by atoms with Crippen molar-refractivity contribution in [3.63, 3.8) is 0 Å². The molecule has 7 atom stereocenters. The van der Waals surface area contributed by atoms with Gasteiger partial charge in [0.25, 0.3) is 0 Å². The van der Waals surface area contributed by atoms with Crippen LogP contribution < -0.4 is 0 Å². The lowest BCUT2D eigenvalue weighted by Crippen LogP contribution is -2.62. The predicted molar refractivity (Wildman–Crippen MR) is 112 cm³/mol. The number of carboxylic acids is 2. The van der Waals surface area contributed by atoms with Crippen LogP contribution in [0.4, 0.5) is 0 Å². The molecular formula is C24H34O7. The average molecular weight is 435 g/mol. The summed E-state index contributed by atoms with van der Waals surface area (Å²) in [6.45, 7) is 10.2. The normalized spacial score (nSPS) is 42.4. The van der Waals surface area contributed by atoms with Crippen LogP contribution in [-0.4, -0.2) is 44.9 Å². The zero-order valence-corrected chi connectivity index (χ0v) is 19.2. The summed E-state index contributed by atoms with van der Waals surface area (Å²) in [4.78, 5) is 50.1. The Kier molecular flexibility index (Phi) is 5.33. The van der Waals surface area contributed by atoms with Crippen LogP contribution in [0.15, 0.2) is 11.6 Å². The monoisotopic (exact) mass is 434 g/mol. The lowest BCUT2D eigenvalue weighted by Gasteiger charge is -2.62. The number of allylic oxidation sites excluding steroid dienone is 1. The van der Waals surface area contributed by atoms with Crippen molar-refractivity contribution in [3.05, 3.63) is 11.6 Å². The van der Waals surface area contributed by atoms with Crippen molar-refractivity contribution < 1.29 is 34.5 Å². The molecule has 3 rings (SSSR count). The number of hydrogen-bond acceptors (Lipinski definition) is 5. The second-order valence-electron chi connectivity index (χ2n) is 11.1. The van der Waals surface area contributed by atoms with Gasteiger partial charge in [-0.25, -0.2) is 0 Å². The Labute approximate surface area is 182 Å². The fourth-order valence-electron chi connectivity index (χ4n) is 7.48. The van der Waals surface area contributed by atoms with E-state index in [1.165, 1.54) is 6.92 Å². The highest BCUT2D eigenvalue weighted by Gasteiger charge is 2.72. The van der Waals surface area contributed by atoms with E-state index in [0.717, 1.165) is 0 Å². The van der Waals surface area contributed by atoms with Gasteiger partial charge in [-0.05, 0) is 50.4 Å². The van der Waals surface area contributed by atoms with Crippen LogP contribution in [0.25, 0.3) is 0 Å². The third-order valence-corrected chi connectivity index (χ3v) is 9.38. The van der Waals surface area contributed by atoms with Crippen LogP contribution in [0.5, 0.6) is 0 Å². The number of aliphatic hydroxyl groups excluding tert-OH is 1. The molecule has 2 saturated carbocycles. The largest absolute Gasteiger partial charge is 0.481 e. The van der Waals surface area contributed by atoms with E-state index in [0.29, 0.717) is 18.4 Å². The Morgan fingerprint density at radius 3 is 2.19 bits per heavy atom. The molecule has 7 heteroatoms. The van der Waals surface area contributed by atoms with Gasteiger partial charge >= 0.3 is 11.9 Å². The molecule has 0 aliphatic heterocycles. The lowest BCUT2D eigenvalue weighted by molar-refractivity contribution is -0.171. The summed E-state index contributed by atoms with van der Waals surface area (Å²) in [6.07, 6.45) is 1.44. The summed E-state index contributed by atoms with van der Waals surface area (Å²) in [7, 11) is 0. The van der Waals surface area contributed by atoms with E-state index >= 15 is 0 Å². The van der Waals surface area contributed by atoms with E-state index in [1.54, 1.807) is 20.8 Å². The maximum absolute atomic E-state index is 13.8. The van der Waals surface area contributed by atoms with Gasteiger partial charge in [0.05, 0.1) is 17.9 Å². The topological polar surface area (TPSA) is 129 Å². The first-order valence-corrected chi connectivity index (χ1v) is 10.9. The molecule has 3 aliphatic rings. The molecule has 2 fully saturated rings. The molecule has 7 nitrogen and oxygen atoms in total. The summed E-state index contributed by atoms with van der Waals surface area (Å²) < 4.78 is 0. The molecule has 31 heavy (non-hydrogen) atoms. The number of carboxylic acid groups (broad SMARTS) is 2.